The van der Waals surface area contributed by atoms with Gasteiger partial charge in [-0.15, -0.1) is 0 Å². The van der Waals surface area contributed by atoms with E-state index in [1.165, 1.54) is 18.2 Å². The van der Waals surface area contributed by atoms with E-state index in [1.54, 1.807) is 0 Å². The molecular weight excluding hydrogens is 128 g/mol. The zero-order chi connectivity index (χ0) is 7.14. The van der Waals surface area contributed by atoms with Crippen LogP contribution >= 0.6 is 0 Å². The van der Waals surface area contributed by atoms with Crippen molar-refractivity contribution in [1.82, 2.24) is 0 Å². The second kappa shape index (κ2) is 1.59. The lowest BCUT2D eigenvalue weighted by molar-refractivity contribution is 0.0601. The number of carbonyl (C=O) groups is 1. The average molecular weight is 134 g/mol. The van der Waals surface area contributed by atoms with Crippen LogP contribution in [-0.4, -0.2) is 13.1 Å². The van der Waals surface area contributed by atoms with Crippen molar-refractivity contribution >= 4 is 5.97 Å². The molecule has 0 atom stereocenters. The third-order valence-corrected chi connectivity index (χ3v) is 1.60. The molecule has 0 aromatic carbocycles. The van der Waals surface area contributed by atoms with E-state index in [4.69, 9.17) is 0 Å². The highest BCUT2D eigenvalue weighted by atomic mass is 16.5. The minimum atomic E-state index is -0.249. The van der Waals surface area contributed by atoms with E-state index >= 15 is 0 Å². The predicted molar refractivity (Wildman–Crippen MR) is 36.8 cm³/mol. The maximum absolute atomic E-state index is 10.8. The molecule has 10 heavy (non-hydrogen) atoms. The molecule has 0 heterocycles. The summed E-state index contributed by atoms with van der Waals surface area (Å²) in [6.07, 6.45) is 0. The molecule has 2 aliphatic rings. The summed E-state index contributed by atoms with van der Waals surface area (Å²) < 4.78 is 4.52. The van der Waals surface area contributed by atoms with Crippen molar-refractivity contribution in [3.63, 3.8) is 0 Å². The minimum Gasteiger partial charge on any atom is -0.465 e. The van der Waals surface area contributed by atoms with E-state index in [9.17, 15) is 4.79 Å². The van der Waals surface area contributed by atoms with Gasteiger partial charge in [0.2, 0.25) is 0 Å². The highest BCUT2D eigenvalue weighted by molar-refractivity contribution is 5.97. The van der Waals surface area contributed by atoms with E-state index in [0.717, 1.165) is 0 Å². The molecule has 2 heteroatoms. The Morgan fingerprint density at radius 1 is 1.30 bits per heavy atom. The number of methoxy groups -OCH3 is 1. The Hall–Kier alpha value is -1.31. The normalized spacial score (nSPS) is 10.9. The Morgan fingerprint density at radius 2 is 1.90 bits per heavy atom. The third-order valence-electron chi connectivity index (χ3n) is 1.60. The van der Waals surface area contributed by atoms with Crippen molar-refractivity contribution in [3.8, 4) is 11.1 Å². The molecule has 0 saturated heterocycles. The van der Waals surface area contributed by atoms with Crippen LogP contribution in [0.4, 0.5) is 0 Å². The number of hydrogen-bond acceptors (Lipinski definition) is 2. The maximum atomic E-state index is 10.8. The maximum Gasteiger partial charge on any atom is 0.337 e. The van der Waals surface area contributed by atoms with Gasteiger partial charge in [-0.2, -0.15) is 0 Å². The lowest BCUT2D eigenvalue weighted by Gasteiger charge is -1.91. The summed E-state index contributed by atoms with van der Waals surface area (Å²) in [7, 11) is 1.39. The van der Waals surface area contributed by atoms with Crippen LogP contribution < -0.4 is 0 Å². The molecule has 2 aliphatic carbocycles. The Kier molecular flexibility index (Phi) is 0.873. The smallest absolute Gasteiger partial charge is 0.337 e. The molecule has 0 radical (unpaired) electrons. The van der Waals surface area contributed by atoms with Crippen molar-refractivity contribution in [2.24, 2.45) is 0 Å². The second-order valence-corrected chi connectivity index (χ2v) is 2.29. The number of rotatable bonds is 1. The number of ether oxygens (including phenoxy) is 1. The van der Waals surface area contributed by atoms with E-state index in [1.807, 2.05) is 18.2 Å². The Morgan fingerprint density at radius 3 is 2.40 bits per heavy atom. The molecule has 2 rings (SSSR count). The quantitative estimate of drug-likeness (QED) is 0.552. The summed E-state index contributed by atoms with van der Waals surface area (Å²) in [5.74, 6) is -0.249. The highest BCUT2D eigenvalue weighted by Crippen LogP contribution is 2.36. The number of fused-ring (bicyclic) bond motifs is 1. The Bertz CT molecular complexity index is 282. The van der Waals surface area contributed by atoms with Gasteiger partial charge in [-0.25, -0.2) is 4.79 Å². The summed E-state index contributed by atoms with van der Waals surface area (Å²) in [5.41, 5.74) is 3.00. The van der Waals surface area contributed by atoms with Crippen LogP contribution in [-0.2, 0) is 4.74 Å². The molecule has 0 fully saturated rings. The van der Waals surface area contributed by atoms with Gasteiger partial charge in [0.05, 0.1) is 12.7 Å². The monoisotopic (exact) mass is 134 g/mol. The van der Waals surface area contributed by atoms with Gasteiger partial charge in [0.1, 0.15) is 0 Å². The van der Waals surface area contributed by atoms with Crippen molar-refractivity contribution < 1.29 is 9.53 Å². The molecule has 2 nitrogen and oxygen atoms in total. The minimum absolute atomic E-state index is 0.249. The van der Waals surface area contributed by atoms with E-state index in [-0.39, 0.29) is 5.97 Å². The zero-order valence-corrected chi connectivity index (χ0v) is 5.55. The second-order valence-electron chi connectivity index (χ2n) is 2.29. The standard InChI is InChI=1S/C8H6O2/c1-10-8(9)7-3-5-2-6(5)4-7/h2-4H,1H3. The molecule has 0 unspecified atom stereocenters. The number of benzene rings is 1. The number of carbonyl (C=O) groups excluding carboxylic acids is 1. The third kappa shape index (κ3) is 0.620. The van der Waals surface area contributed by atoms with Gasteiger partial charge < -0.3 is 4.74 Å². The first-order valence-corrected chi connectivity index (χ1v) is 3.05. The summed E-state index contributed by atoms with van der Waals surface area (Å²) in [5, 5.41) is 0. The summed E-state index contributed by atoms with van der Waals surface area (Å²) >= 11 is 0. The summed E-state index contributed by atoms with van der Waals surface area (Å²) in [6, 6.07) is 5.69. The largest absolute Gasteiger partial charge is 0.465 e. The summed E-state index contributed by atoms with van der Waals surface area (Å²) in [4.78, 5) is 10.8. The number of hydrogen-bond donors (Lipinski definition) is 0. The fraction of sp³-hybridized carbons (Fsp3) is 0.125. The molecule has 0 aliphatic heterocycles. The van der Waals surface area contributed by atoms with Gasteiger partial charge in [0, 0.05) is 0 Å². The van der Waals surface area contributed by atoms with E-state index < -0.39 is 0 Å². The van der Waals surface area contributed by atoms with Crippen LogP contribution in [0.15, 0.2) is 18.2 Å². The van der Waals surface area contributed by atoms with Crippen molar-refractivity contribution in [2.75, 3.05) is 7.11 Å². The first-order chi connectivity index (χ1) is 4.81. The molecule has 0 N–H and O–H groups in total. The molecule has 0 saturated carbocycles. The van der Waals surface area contributed by atoms with Crippen LogP contribution in [0.5, 0.6) is 0 Å². The average Bonchev–Trinajstić information content (AvgIpc) is 2.57. The Labute approximate surface area is 58.4 Å². The fourth-order valence-corrected chi connectivity index (χ4v) is 0.994. The first-order valence-electron chi connectivity index (χ1n) is 3.05. The van der Waals surface area contributed by atoms with Crippen molar-refractivity contribution in [1.29, 1.82) is 0 Å². The van der Waals surface area contributed by atoms with Crippen LogP contribution in [0.2, 0.25) is 0 Å². The molecule has 0 aromatic rings. The predicted octanol–water partition coefficient (Wildman–Crippen LogP) is 1.45. The van der Waals surface area contributed by atoms with Gasteiger partial charge in [-0.1, -0.05) is 0 Å². The topological polar surface area (TPSA) is 26.3 Å². The van der Waals surface area contributed by atoms with Crippen LogP contribution in [0.1, 0.15) is 10.4 Å². The summed E-state index contributed by atoms with van der Waals surface area (Å²) in [6.45, 7) is 0. The molecular formula is C8H6O2. The van der Waals surface area contributed by atoms with Crippen molar-refractivity contribution in [2.45, 2.75) is 0 Å². The molecule has 0 spiro atoms. The molecule has 50 valence electrons. The fourth-order valence-electron chi connectivity index (χ4n) is 0.994. The molecule has 0 amide bonds. The Balaban J connectivity index is 2.32. The van der Waals surface area contributed by atoms with E-state index in [2.05, 4.69) is 4.74 Å². The van der Waals surface area contributed by atoms with Gasteiger partial charge in [-0.05, 0) is 29.3 Å². The number of esters is 1. The van der Waals surface area contributed by atoms with Gasteiger partial charge >= 0.3 is 5.97 Å². The lowest BCUT2D eigenvalue weighted by Crippen LogP contribution is -1.97. The molecule has 0 bridgehead atoms. The van der Waals surface area contributed by atoms with Crippen LogP contribution in [0.3, 0.4) is 0 Å². The van der Waals surface area contributed by atoms with Gasteiger partial charge in [0.25, 0.3) is 0 Å². The van der Waals surface area contributed by atoms with Crippen LogP contribution in [0, 0.1) is 0 Å². The van der Waals surface area contributed by atoms with Crippen LogP contribution in [0.25, 0.3) is 11.1 Å². The van der Waals surface area contributed by atoms with Gasteiger partial charge in [0.15, 0.2) is 0 Å². The highest BCUT2D eigenvalue weighted by Gasteiger charge is 2.17. The lowest BCUT2D eigenvalue weighted by atomic mass is 10.3. The zero-order valence-electron chi connectivity index (χ0n) is 5.55. The van der Waals surface area contributed by atoms with E-state index in [0.29, 0.717) is 5.56 Å². The molecule has 0 aromatic heterocycles. The SMILES string of the molecule is COC(=O)c1cc2cc-2c1. The van der Waals surface area contributed by atoms with Crippen molar-refractivity contribution in [3.05, 3.63) is 23.8 Å². The first kappa shape index (κ1) is 5.47. The van der Waals surface area contributed by atoms with Gasteiger partial charge in [-0.3, -0.25) is 0 Å².